The van der Waals surface area contributed by atoms with Crippen molar-refractivity contribution in [1.29, 1.82) is 0 Å². The molecule has 0 aliphatic carbocycles. The standard InChI is InChI=1S/C21H26Cl2N4O3/c1-13-15(19(29)25-20(24-13)27-8-10-30-11-9-27)5-7-18(28)26-21(2,3)14-4-6-16(22)17(23)12-14/h4,6,12H,5,7-11H2,1-3H3,(H,26,28)(H,24,25,29). The van der Waals surface area contributed by atoms with E-state index in [0.29, 0.717) is 60.0 Å². The van der Waals surface area contributed by atoms with Crippen LogP contribution in [0, 0.1) is 6.92 Å². The van der Waals surface area contributed by atoms with Crippen LogP contribution in [0.4, 0.5) is 5.95 Å². The van der Waals surface area contributed by atoms with Gasteiger partial charge in [0.05, 0.1) is 28.8 Å². The molecule has 3 rings (SSSR count). The van der Waals surface area contributed by atoms with Crippen LogP contribution >= 0.6 is 23.2 Å². The van der Waals surface area contributed by atoms with Crippen molar-refractivity contribution in [1.82, 2.24) is 15.3 Å². The van der Waals surface area contributed by atoms with E-state index in [4.69, 9.17) is 27.9 Å². The molecule has 0 atom stereocenters. The van der Waals surface area contributed by atoms with Gasteiger partial charge in [-0.1, -0.05) is 29.3 Å². The molecule has 1 saturated heterocycles. The Hall–Kier alpha value is -2.09. The molecule has 7 nitrogen and oxygen atoms in total. The SMILES string of the molecule is Cc1nc(N2CCOCC2)[nH]c(=O)c1CCC(=O)NC(C)(C)c1ccc(Cl)c(Cl)c1. The molecular formula is C21H26Cl2N4O3. The quantitative estimate of drug-likeness (QED) is 0.702. The number of aryl methyl sites for hydroxylation is 1. The Bertz CT molecular complexity index is 985. The lowest BCUT2D eigenvalue weighted by atomic mass is 9.94. The van der Waals surface area contributed by atoms with Crippen LogP contribution in [0.1, 0.15) is 37.1 Å². The molecule has 30 heavy (non-hydrogen) atoms. The van der Waals surface area contributed by atoms with Crippen molar-refractivity contribution in [2.45, 2.75) is 39.2 Å². The highest BCUT2D eigenvalue weighted by Crippen LogP contribution is 2.28. The molecule has 0 radical (unpaired) electrons. The van der Waals surface area contributed by atoms with Crippen molar-refractivity contribution in [2.75, 3.05) is 31.2 Å². The number of H-pyrrole nitrogens is 1. The second-order valence-electron chi connectivity index (χ2n) is 7.85. The van der Waals surface area contributed by atoms with Crippen LogP contribution in [0.5, 0.6) is 0 Å². The van der Waals surface area contributed by atoms with Gasteiger partial charge in [0.15, 0.2) is 0 Å². The van der Waals surface area contributed by atoms with Gasteiger partial charge in [0.25, 0.3) is 5.56 Å². The normalized spacial score (nSPS) is 14.6. The molecule has 2 heterocycles. The summed E-state index contributed by atoms with van der Waals surface area (Å²) in [6.07, 6.45) is 0.480. The summed E-state index contributed by atoms with van der Waals surface area (Å²) in [4.78, 5) is 34.5. The van der Waals surface area contributed by atoms with E-state index in [1.807, 2.05) is 24.8 Å². The molecule has 9 heteroatoms. The number of aromatic nitrogens is 2. The molecule has 0 unspecified atom stereocenters. The van der Waals surface area contributed by atoms with E-state index >= 15 is 0 Å². The Kier molecular flexibility index (Phi) is 7.06. The molecule has 1 aliphatic rings. The molecule has 0 spiro atoms. The number of amides is 1. The van der Waals surface area contributed by atoms with E-state index in [2.05, 4.69) is 15.3 Å². The Morgan fingerprint density at radius 3 is 2.60 bits per heavy atom. The molecular weight excluding hydrogens is 427 g/mol. The number of aromatic amines is 1. The second-order valence-corrected chi connectivity index (χ2v) is 8.67. The Balaban J connectivity index is 1.65. The third-order valence-corrected chi connectivity index (χ3v) is 5.95. The van der Waals surface area contributed by atoms with Gasteiger partial charge in [-0.25, -0.2) is 4.98 Å². The number of nitrogens with one attached hydrogen (secondary N) is 2. The highest BCUT2D eigenvalue weighted by atomic mass is 35.5. The lowest BCUT2D eigenvalue weighted by Crippen LogP contribution is -2.41. The maximum atomic E-state index is 12.6. The maximum absolute atomic E-state index is 12.6. The molecule has 162 valence electrons. The van der Waals surface area contributed by atoms with Gasteiger partial charge >= 0.3 is 0 Å². The van der Waals surface area contributed by atoms with Gasteiger partial charge in [-0.2, -0.15) is 0 Å². The minimum atomic E-state index is -0.634. The van der Waals surface area contributed by atoms with Gasteiger partial charge in [-0.05, 0) is 44.9 Å². The van der Waals surface area contributed by atoms with Crippen LogP contribution < -0.4 is 15.8 Å². The lowest BCUT2D eigenvalue weighted by Gasteiger charge is -2.28. The molecule has 2 aromatic rings. The maximum Gasteiger partial charge on any atom is 0.255 e. The summed E-state index contributed by atoms with van der Waals surface area (Å²) in [7, 11) is 0. The zero-order valence-electron chi connectivity index (χ0n) is 17.3. The Labute approximate surface area is 185 Å². The minimum Gasteiger partial charge on any atom is -0.378 e. The summed E-state index contributed by atoms with van der Waals surface area (Å²) in [5.41, 5.74) is 1.16. The fourth-order valence-electron chi connectivity index (χ4n) is 3.42. The van der Waals surface area contributed by atoms with Gasteiger partial charge in [0, 0.05) is 30.8 Å². The molecule has 0 bridgehead atoms. The van der Waals surface area contributed by atoms with Crippen molar-refractivity contribution >= 4 is 35.1 Å². The zero-order chi connectivity index (χ0) is 21.9. The number of benzene rings is 1. The van der Waals surface area contributed by atoms with E-state index in [1.165, 1.54) is 0 Å². The fourth-order valence-corrected chi connectivity index (χ4v) is 3.72. The van der Waals surface area contributed by atoms with Crippen LogP contribution in [-0.2, 0) is 21.5 Å². The monoisotopic (exact) mass is 452 g/mol. The summed E-state index contributed by atoms with van der Waals surface area (Å²) in [5.74, 6) is 0.386. The number of carbonyl (C=O) groups is 1. The van der Waals surface area contributed by atoms with E-state index in [-0.39, 0.29) is 17.9 Å². The van der Waals surface area contributed by atoms with Crippen molar-refractivity contribution in [3.8, 4) is 0 Å². The van der Waals surface area contributed by atoms with Crippen LogP contribution in [0.3, 0.4) is 0 Å². The average Bonchev–Trinajstić information content (AvgIpc) is 2.69. The number of carbonyl (C=O) groups excluding carboxylic acids is 1. The Morgan fingerprint density at radius 1 is 1.27 bits per heavy atom. The largest absolute Gasteiger partial charge is 0.378 e. The van der Waals surface area contributed by atoms with Crippen molar-refractivity contribution in [2.24, 2.45) is 0 Å². The molecule has 1 fully saturated rings. The summed E-state index contributed by atoms with van der Waals surface area (Å²) in [5, 5.41) is 3.89. The van der Waals surface area contributed by atoms with Crippen molar-refractivity contribution < 1.29 is 9.53 Å². The van der Waals surface area contributed by atoms with Gasteiger partial charge < -0.3 is 15.0 Å². The number of ether oxygens (including phenoxy) is 1. The Morgan fingerprint density at radius 2 is 1.97 bits per heavy atom. The third-order valence-electron chi connectivity index (χ3n) is 5.22. The number of halogens is 2. The summed E-state index contributed by atoms with van der Waals surface area (Å²) < 4.78 is 5.33. The molecule has 0 saturated carbocycles. The van der Waals surface area contributed by atoms with E-state index in [0.717, 1.165) is 5.56 Å². The summed E-state index contributed by atoms with van der Waals surface area (Å²) in [6.45, 7) is 8.18. The number of hydrogen-bond acceptors (Lipinski definition) is 5. The van der Waals surface area contributed by atoms with E-state index < -0.39 is 5.54 Å². The predicted molar refractivity (Wildman–Crippen MR) is 119 cm³/mol. The van der Waals surface area contributed by atoms with Crippen LogP contribution in [-0.4, -0.2) is 42.2 Å². The predicted octanol–water partition coefficient (Wildman–Crippen LogP) is 3.21. The van der Waals surface area contributed by atoms with Crippen LogP contribution in [0.2, 0.25) is 10.0 Å². The number of nitrogens with zero attached hydrogens (tertiary/aromatic N) is 2. The zero-order valence-corrected chi connectivity index (χ0v) is 18.9. The number of morpholine rings is 1. The summed E-state index contributed by atoms with van der Waals surface area (Å²) >= 11 is 12.1. The molecule has 1 amide bonds. The third kappa shape index (κ3) is 5.33. The van der Waals surface area contributed by atoms with Crippen molar-refractivity contribution in [3.63, 3.8) is 0 Å². The first-order valence-corrected chi connectivity index (χ1v) is 10.6. The van der Waals surface area contributed by atoms with Gasteiger partial charge in [-0.15, -0.1) is 0 Å². The fraction of sp³-hybridized carbons (Fsp3) is 0.476. The van der Waals surface area contributed by atoms with Gasteiger partial charge in [-0.3, -0.25) is 14.6 Å². The van der Waals surface area contributed by atoms with Crippen molar-refractivity contribution in [3.05, 3.63) is 55.4 Å². The topological polar surface area (TPSA) is 87.3 Å². The van der Waals surface area contributed by atoms with E-state index in [9.17, 15) is 9.59 Å². The molecule has 1 aromatic heterocycles. The highest BCUT2D eigenvalue weighted by Gasteiger charge is 2.24. The highest BCUT2D eigenvalue weighted by molar-refractivity contribution is 6.42. The number of hydrogen-bond donors (Lipinski definition) is 2. The molecule has 1 aromatic carbocycles. The van der Waals surface area contributed by atoms with Crippen LogP contribution in [0.15, 0.2) is 23.0 Å². The second kappa shape index (κ2) is 9.37. The van der Waals surface area contributed by atoms with Gasteiger partial charge in [0.1, 0.15) is 0 Å². The van der Waals surface area contributed by atoms with E-state index in [1.54, 1.807) is 19.1 Å². The smallest absolute Gasteiger partial charge is 0.255 e. The average molecular weight is 453 g/mol. The van der Waals surface area contributed by atoms with Gasteiger partial charge in [0.2, 0.25) is 11.9 Å². The lowest BCUT2D eigenvalue weighted by molar-refractivity contribution is -0.122. The first kappa shape index (κ1) is 22.6. The molecule has 1 aliphatic heterocycles. The minimum absolute atomic E-state index is 0.165. The first-order chi connectivity index (χ1) is 14.2. The number of rotatable bonds is 6. The first-order valence-electron chi connectivity index (χ1n) is 9.86. The molecule has 2 N–H and O–H groups in total. The number of anilines is 1. The van der Waals surface area contributed by atoms with Crippen LogP contribution in [0.25, 0.3) is 0 Å². The summed E-state index contributed by atoms with van der Waals surface area (Å²) in [6, 6.07) is 5.28.